The number of hydrogen-bond donors (Lipinski definition) is 3. The van der Waals surface area contributed by atoms with Crippen molar-refractivity contribution in [2.24, 2.45) is 0 Å². The fourth-order valence-electron chi connectivity index (χ4n) is 1.88. The Bertz CT molecular complexity index is 698. The predicted octanol–water partition coefficient (Wildman–Crippen LogP) is 1.43. The minimum Gasteiger partial charge on any atom is -0.492 e. The fourth-order valence-corrected chi connectivity index (χ4v) is 3.26. The molecule has 0 saturated carbocycles. The summed E-state index contributed by atoms with van der Waals surface area (Å²) in [7, 11) is -3.78. The van der Waals surface area contributed by atoms with E-state index in [1.165, 1.54) is 6.07 Å². The van der Waals surface area contributed by atoms with E-state index in [0.29, 0.717) is 18.1 Å². The molecule has 8 heteroatoms. The van der Waals surface area contributed by atoms with E-state index in [1.54, 1.807) is 38.4 Å². The van der Waals surface area contributed by atoms with Gasteiger partial charge in [-0.3, -0.25) is 0 Å². The Morgan fingerprint density at radius 1 is 1.48 bits per heavy atom. The molecule has 114 valence electrons. The summed E-state index contributed by atoms with van der Waals surface area (Å²) in [5, 5.41) is 0. The van der Waals surface area contributed by atoms with Crippen LogP contribution in [0.5, 0.6) is 5.75 Å². The van der Waals surface area contributed by atoms with Crippen LogP contribution in [-0.4, -0.2) is 25.0 Å². The second-order valence-electron chi connectivity index (χ2n) is 4.46. The molecule has 1 heterocycles. The maximum Gasteiger partial charge on any atom is 0.244 e. The van der Waals surface area contributed by atoms with Crippen molar-refractivity contribution in [2.45, 2.75) is 24.8 Å². The molecule has 1 aromatic carbocycles. The SMILES string of the molecule is CCOc1ccc(N)cc1S(=O)(=O)NC(C)c1ncc[nH]1. The van der Waals surface area contributed by atoms with Gasteiger partial charge >= 0.3 is 0 Å². The van der Waals surface area contributed by atoms with Crippen LogP contribution < -0.4 is 15.2 Å². The summed E-state index contributed by atoms with van der Waals surface area (Å²) >= 11 is 0. The van der Waals surface area contributed by atoms with Crippen molar-refractivity contribution < 1.29 is 13.2 Å². The Morgan fingerprint density at radius 2 is 2.24 bits per heavy atom. The highest BCUT2D eigenvalue weighted by Crippen LogP contribution is 2.27. The average Bonchev–Trinajstić information content (AvgIpc) is 2.94. The third-order valence-corrected chi connectivity index (χ3v) is 4.38. The summed E-state index contributed by atoms with van der Waals surface area (Å²) < 4.78 is 32.9. The molecule has 2 rings (SSSR count). The minimum absolute atomic E-state index is 0.0164. The summed E-state index contributed by atoms with van der Waals surface area (Å²) in [5.74, 6) is 0.797. The van der Waals surface area contributed by atoms with E-state index in [-0.39, 0.29) is 10.6 Å². The average molecular weight is 310 g/mol. The summed E-state index contributed by atoms with van der Waals surface area (Å²) in [4.78, 5) is 6.92. The summed E-state index contributed by atoms with van der Waals surface area (Å²) in [6.07, 6.45) is 3.19. The van der Waals surface area contributed by atoms with E-state index < -0.39 is 16.1 Å². The smallest absolute Gasteiger partial charge is 0.244 e. The minimum atomic E-state index is -3.78. The number of nitrogens with one attached hydrogen (secondary N) is 2. The maximum absolute atomic E-state index is 12.5. The number of nitrogen functional groups attached to an aromatic ring is 1. The molecule has 1 atom stereocenters. The molecule has 1 unspecified atom stereocenters. The molecule has 2 aromatic rings. The van der Waals surface area contributed by atoms with E-state index in [4.69, 9.17) is 10.5 Å². The van der Waals surface area contributed by atoms with E-state index >= 15 is 0 Å². The molecule has 7 nitrogen and oxygen atoms in total. The number of nitrogens with zero attached hydrogens (tertiary/aromatic N) is 1. The number of H-pyrrole nitrogens is 1. The highest BCUT2D eigenvalue weighted by molar-refractivity contribution is 7.89. The van der Waals surface area contributed by atoms with Crippen molar-refractivity contribution in [1.29, 1.82) is 0 Å². The van der Waals surface area contributed by atoms with Crippen LogP contribution in [0.1, 0.15) is 25.7 Å². The summed E-state index contributed by atoms with van der Waals surface area (Å²) in [6, 6.07) is 4.02. The van der Waals surface area contributed by atoms with Crippen molar-refractivity contribution in [3.05, 3.63) is 36.4 Å². The standard InChI is InChI=1S/C13H18N4O3S/c1-3-20-11-5-4-10(14)8-12(11)21(18,19)17-9(2)13-15-6-7-16-13/h4-9,17H,3,14H2,1-2H3,(H,15,16). The van der Waals surface area contributed by atoms with Crippen molar-refractivity contribution in [1.82, 2.24) is 14.7 Å². The topological polar surface area (TPSA) is 110 Å². The molecule has 0 saturated heterocycles. The molecule has 21 heavy (non-hydrogen) atoms. The molecule has 0 amide bonds. The second kappa shape index (κ2) is 6.15. The van der Waals surface area contributed by atoms with Gasteiger partial charge in [-0.05, 0) is 32.0 Å². The molecule has 0 radical (unpaired) electrons. The second-order valence-corrected chi connectivity index (χ2v) is 6.14. The first-order chi connectivity index (χ1) is 9.94. The lowest BCUT2D eigenvalue weighted by molar-refractivity contribution is 0.331. The van der Waals surface area contributed by atoms with Gasteiger partial charge in [-0.2, -0.15) is 0 Å². The van der Waals surface area contributed by atoms with Gasteiger partial charge in [0.25, 0.3) is 0 Å². The molecule has 0 aliphatic heterocycles. The van der Waals surface area contributed by atoms with Gasteiger partial charge in [0, 0.05) is 18.1 Å². The number of ether oxygens (including phenoxy) is 1. The van der Waals surface area contributed by atoms with Crippen molar-refractivity contribution >= 4 is 15.7 Å². The zero-order valence-electron chi connectivity index (χ0n) is 11.8. The number of aromatic nitrogens is 2. The summed E-state index contributed by atoms with van der Waals surface area (Å²) in [5.41, 5.74) is 6.03. The zero-order chi connectivity index (χ0) is 15.5. The number of rotatable bonds is 6. The number of benzene rings is 1. The van der Waals surface area contributed by atoms with E-state index in [0.717, 1.165) is 0 Å². The molecule has 0 bridgehead atoms. The normalized spacial score (nSPS) is 13.0. The molecular formula is C13H18N4O3S. The van der Waals surface area contributed by atoms with Crippen LogP contribution in [0.25, 0.3) is 0 Å². The maximum atomic E-state index is 12.5. The Labute approximate surface area is 123 Å². The molecule has 4 N–H and O–H groups in total. The summed E-state index contributed by atoms with van der Waals surface area (Å²) in [6.45, 7) is 3.84. The number of nitrogens with two attached hydrogens (primary N) is 1. The van der Waals surface area contributed by atoms with Crippen LogP contribution in [0.3, 0.4) is 0 Å². The van der Waals surface area contributed by atoms with Crippen LogP contribution in [0.15, 0.2) is 35.5 Å². The van der Waals surface area contributed by atoms with Gasteiger partial charge in [0.05, 0.1) is 12.6 Å². The van der Waals surface area contributed by atoms with Gasteiger partial charge < -0.3 is 15.5 Å². The number of aromatic amines is 1. The first-order valence-electron chi connectivity index (χ1n) is 6.48. The van der Waals surface area contributed by atoms with Gasteiger partial charge in [-0.25, -0.2) is 18.1 Å². The Kier molecular flexibility index (Phi) is 4.49. The van der Waals surface area contributed by atoms with Crippen LogP contribution in [0, 0.1) is 0 Å². The van der Waals surface area contributed by atoms with Crippen LogP contribution in [0.2, 0.25) is 0 Å². The monoisotopic (exact) mass is 310 g/mol. The largest absolute Gasteiger partial charge is 0.492 e. The first kappa shape index (κ1) is 15.3. The number of sulfonamides is 1. The van der Waals surface area contributed by atoms with Gasteiger partial charge in [0.15, 0.2) is 0 Å². The third kappa shape index (κ3) is 3.53. The molecule has 0 aliphatic carbocycles. The highest BCUT2D eigenvalue weighted by atomic mass is 32.2. The van der Waals surface area contributed by atoms with Crippen LogP contribution in [0.4, 0.5) is 5.69 Å². The number of imidazole rings is 1. The number of hydrogen-bond acceptors (Lipinski definition) is 5. The third-order valence-electron chi connectivity index (χ3n) is 2.82. The molecule has 0 fully saturated rings. The first-order valence-corrected chi connectivity index (χ1v) is 7.96. The lowest BCUT2D eigenvalue weighted by Gasteiger charge is -2.15. The lowest BCUT2D eigenvalue weighted by Crippen LogP contribution is -2.28. The quantitative estimate of drug-likeness (QED) is 0.699. The van der Waals surface area contributed by atoms with Gasteiger partial charge in [-0.15, -0.1) is 0 Å². The molecular weight excluding hydrogens is 292 g/mol. The molecule has 0 aliphatic rings. The van der Waals surface area contributed by atoms with Crippen molar-refractivity contribution in [3.63, 3.8) is 0 Å². The Morgan fingerprint density at radius 3 is 2.86 bits per heavy atom. The van der Waals surface area contributed by atoms with Crippen LogP contribution in [-0.2, 0) is 10.0 Å². The Hall–Kier alpha value is -2.06. The van der Waals surface area contributed by atoms with Gasteiger partial charge in [0.1, 0.15) is 16.5 Å². The van der Waals surface area contributed by atoms with E-state index in [1.807, 2.05) is 0 Å². The van der Waals surface area contributed by atoms with E-state index in [2.05, 4.69) is 14.7 Å². The van der Waals surface area contributed by atoms with Gasteiger partial charge in [-0.1, -0.05) is 0 Å². The van der Waals surface area contributed by atoms with E-state index in [9.17, 15) is 8.42 Å². The Balaban J connectivity index is 2.33. The number of anilines is 1. The van der Waals surface area contributed by atoms with Crippen LogP contribution >= 0.6 is 0 Å². The highest BCUT2D eigenvalue weighted by Gasteiger charge is 2.23. The van der Waals surface area contributed by atoms with Crippen molar-refractivity contribution in [2.75, 3.05) is 12.3 Å². The molecule has 1 aromatic heterocycles. The molecule has 0 spiro atoms. The lowest BCUT2D eigenvalue weighted by atomic mass is 10.3. The van der Waals surface area contributed by atoms with Gasteiger partial charge in [0.2, 0.25) is 10.0 Å². The van der Waals surface area contributed by atoms with Crippen molar-refractivity contribution in [3.8, 4) is 5.75 Å². The zero-order valence-corrected chi connectivity index (χ0v) is 12.6. The fraction of sp³-hybridized carbons (Fsp3) is 0.308. The predicted molar refractivity (Wildman–Crippen MR) is 79.3 cm³/mol.